The number of hydrogen-bond acceptors (Lipinski definition) is 1. The summed E-state index contributed by atoms with van der Waals surface area (Å²) in [6.45, 7) is 0.578. The molecule has 4 heteroatoms. The van der Waals surface area contributed by atoms with Crippen LogP contribution < -0.4 is 5.32 Å². The number of hydrogen-bond donors (Lipinski definition) is 1. The second-order valence-corrected chi connectivity index (χ2v) is 7.61. The molecule has 1 N–H and O–H groups in total. The van der Waals surface area contributed by atoms with Gasteiger partial charge in [-0.05, 0) is 41.3 Å². The highest BCUT2D eigenvalue weighted by Gasteiger charge is 2.22. The molecule has 0 aliphatic rings. The van der Waals surface area contributed by atoms with Crippen molar-refractivity contribution in [3.8, 4) is 0 Å². The van der Waals surface area contributed by atoms with Gasteiger partial charge in [0.1, 0.15) is 5.82 Å². The average molecular weight is 400 g/mol. The van der Waals surface area contributed by atoms with Crippen molar-refractivity contribution in [1.29, 1.82) is 0 Å². The first-order valence-corrected chi connectivity index (χ1v) is 10.2. The van der Waals surface area contributed by atoms with E-state index < -0.39 is 0 Å². The van der Waals surface area contributed by atoms with Gasteiger partial charge in [-0.3, -0.25) is 4.79 Å². The molecule has 1 heterocycles. The molecule has 1 aromatic heterocycles. The van der Waals surface area contributed by atoms with E-state index in [4.69, 9.17) is 0 Å². The lowest BCUT2D eigenvalue weighted by Crippen LogP contribution is -2.27. The number of rotatable bonds is 7. The number of aryl methyl sites for hydroxylation is 1. The number of carbonyl (C=O) groups excluding carboxylic acids is 1. The number of halogens is 1. The van der Waals surface area contributed by atoms with Gasteiger partial charge in [-0.1, -0.05) is 60.7 Å². The van der Waals surface area contributed by atoms with Gasteiger partial charge in [0.25, 0.3) is 0 Å². The number of benzene rings is 3. The fourth-order valence-corrected chi connectivity index (χ4v) is 4.03. The molecule has 30 heavy (non-hydrogen) atoms. The van der Waals surface area contributed by atoms with Crippen LogP contribution in [0, 0.1) is 5.82 Å². The monoisotopic (exact) mass is 400 g/mol. The van der Waals surface area contributed by atoms with Crippen LogP contribution in [0.1, 0.15) is 29.0 Å². The third-order valence-corrected chi connectivity index (χ3v) is 5.52. The second-order valence-electron chi connectivity index (χ2n) is 7.61. The van der Waals surface area contributed by atoms with Crippen molar-refractivity contribution >= 4 is 16.8 Å². The number of nitrogens with one attached hydrogen (secondary N) is 1. The summed E-state index contributed by atoms with van der Waals surface area (Å²) in [6, 6.07) is 24.8. The molecular formula is C26H25FN2O. The van der Waals surface area contributed by atoms with Gasteiger partial charge < -0.3 is 9.88 Å². The molecule has 0 saturated carbocycles. The van der Waals surface area contributed by atoms with Crippen molar-refractivity contribution < 1.29 is 9.18 Å². The summed E-state index contributed by atoms with van der Waals surface area (Å²) in [5, 5.41) is 4.12. The Bertz CT molecular complexity index is 1150. The number of nitrogens with zero attached hydrogens (tertiary/aromatic N) is 1. The quantitative estimate of drug-likeness (QED) is 0.455. The van der Waals surface area contributed by atoms with Crippen LogP contribution in [0.4, 0.5) is 4.39 Å². The maximum Gasteiger partial charge on any atom is 0.220 e. The van der Waals surface area contributed by atoms with Crippen LogP contribution in [0.15, 0.2) is 85.1 Å². The Morgan fingerprint density at radius 3 is 2.57 bits per heavy atom. The van der Waals surface area contributed by atoms with Crippen LogP contribution in [0.3, 0.4) is 0 Å². The molecule has 3 aromatic carbocycles. The molecule has 0 aliphatic carbocycles. The zero-order chi connectivity index (χ0) is 20.9. The van der Waals surface area contributed by atoms with E-state index in [1.54, 1.807) is 6.07 Å². The van der Waals surface area contributed by atoms with Gasteiger partial charge in [0.2, 0.25) is 5.91 Å². The summed E-state index contributed by atoms with van der Waals surface area (Å²) in [7, 11) is 1.99. The molecular weight excluding hydrogens is 375 g/mol. The molecule has 0 bridgehead atoms. The Balaban J connectivity index is 1.57. The molecule has 0 fully saturated rings. The van der Waals surface area contributed by atoms with Gasteiger partial charge in [0.15, 0.2) is 0 Å². The average Bonchev–Trinajstić information content (AvgIpc) is 3.09. The minimum Gasteiger partial charge on any atom is -0.356 e. The smallest absolute Gasteiger partial charge is 0.220 e. The molecule has 1 amide bonds. The highest BCUT2D eigenvalue weighted by Crippen LogP contribution is 2.34. The van der Waals surface area contributed by atoms with Crippen molar-refractivity contribution in [1.82, 2.24) is 9.88 Å². The summed E-state index contributed by atoms with van der Waals surface area (Å²) in [4.78, 5) is 12.8. The first-order chi connectivity index (χ1) is 14.6. The molecule has 0 saturated heterocycles. The van der Waals surface area contributed by atoms with Gasteiger partial charge in [-0.15, -0.1) is 0 Å². The van der Waals surface area contributed by atoms with Crippen LogP contribution in [0.2, 0.25) is 0 Å². The van der Waals surface area contributed by atoms with E-state index in [2.05, 4.69) is 40.3 Å². The van der Waals surface area contributed by atoms with Crippen LogP contribution in [0.25, 0.3) is 10.9 Å². The molecule has 4 aromatic rings. The van der Waals surface area contributed by atoms with Crippen molar-refractivity contribution in [2.24, 2.45) is 7.05 Å². The zero-order valence-electron chi connectivity index (χ0n) is 17.0. The summed E-state index contributed by atoms with van der Waals surface area (Å²) in [5.41, 5.74) is 4.13. The largest absolute Gasteiger partial charge is 0.356 e. The SMILES string of the molecule is Cn1cc([C@@H](CC(=O)NCCc2ccccc2)c2cccc(F)c2)c2ccccc21. The van der Waals surface area contributed by atoms with E-state index in [0.29, 0.717) is 6.54 Å². The Hall–Kier alpha value is -3.40. The molecule has 152 valence electrons. The third-order valence-electron chi connectivity index (χ3n) is 5.52. The lowest BCUT2D eigenvalue weighted by Gasteiger charge is -2.17. The van der Waals surface area contributed by atoms with Crippen molar-refractivity contribution in [3.63, 3.8) is 0 Å². The molecule has 0 radical (unpaired) electrons. The number of aromatic nitrogens is 1. The summed E-state index contributed by atoms with van der Waals surface area (Å²) < 4.78 is 16.0. The molecule has 3 nitrogen and oxygen atoms in total. The summed E-state index contributed by atoms with van der Waals surface area (Å²) >= 11 is 0. The predicted molar refractivity (Wildman–Crippen MR) is 119 cm³/mol. The number of carbonyl (C=O) groups is 1. The Kier molecular flexibility index (Phi) is 5.94. The van der Waals surface area contributed by atoms with Crippen molar-refractivity contribution in [3.05, 3.63) is 108 Å². The summed E-state index contributed by atoms with van der Waals surface area (Å²) in [6.07, 6.45) is 3.11. The van der Waals surface area contributed by atoms with E-state index >= 15 is 0 Å². The van der Waals surface area contributed by atoms with Crippen LogP contribution >= 0.6 is 0 Å². The van der Waals surface area contributed by atoms with Crippen LogP contribution in [0.5, 0.6) is 0 Å². The highest BCUT2D eigenvalue weighted by molar-refractivity contribution is 5.86. The van der Waals surface area contributed by atoms with Crippen molar-refractivity contribution in [2.45, 2.75) is 18.8 Å². The van der Waals surface area contributed by atoms with Gasteiger partial charge >= 0.3 is 0 Å². The minimum atomic E-state index is -0.290. The van der Waals surface area contributed by atoms with E-state index in [0.717, 1.165) is 28.5 Å². The fraction of sp³-hybridized carbons (Fsp3) is 0.192. The lowest BCUT2D eigenvalue weighted by atomic mass is 9.88. The number of amides is 1. The zero-order valence-corrected chi connectivity index (χ0v) is 17.0. The fourth-order valence-electron chi connectivity index (χ4n) is 4.03. The lowest BCUT2D eigenvalue weighted by molar-refractivity contribution is -0.121. The van der Waals surface area contributed by atoms with E-state index in [1.165, 1.54) is 17.7 Å². The van der Waals surface area contributed by atoms with Gasteiger partial charge in [0.05, 0.1) is 0 Å². The maximum atomic E-state index is 14.0. The van der Waals surface area contributed by atoms with Gasteiger partial charge in [-0.25, -0.2) is 4.39 Å². The second kappa shape index (κ2) is 8.95. The number of para-hydroxylation sites is 1. The topological polar surface area (TPSA) is 34.0 Å². The van der Waals surface area contributed by atoms with Crippen molar-refractivity contribution in [2.75, 3.05) is 6.54 Å². The predicted octanol–water partition coefficient (Wildman–Crippen LogP) is 5.20. The molecule has 0 spiro atoms. The summed E-state index contributed by atoms with van der Waals surface area (Å²) in [5.74, 6) is -0.543. The molecule has 0 aliphatic heterocycles. The molecule has 1 atom stereocenters. The van der Waals surface area contributed by atoms with E-state index in [1.807, 2.05) is 43.4 Å². The normalized spacial score (nSPS) is 12.1. The van der Waals surface area contributed by atoms with E-state index in [-0.39, 0.29) is 24.1 Å². The first-order valence-electron chi connectivity index (χ1n) is 10.2. The maximum absolute atomic E-state index is 14.0. The number of fused-ring (bicyclic) bond motifs is 1. The van der Waals surface area contributed by atoms with Gasteiger partial charge in [-0.2, -0.15) is 0 Å². The van der Waals surface area contributed by atoms with Gasteiger partial charge in [0, 0.05) is 43.0 Å². The van der Waals surface area contributed by atoms with Crippen LogP contribution in [-0.4, -0.2) is 17.0 Å². The molecule has 0 unspecified atom stereocenters. The third kappa shape index (κ3) is 4.43. The standard InChI is InChI=1S/C26H25FN2O/c1-29-18-24(22-12-5-6-13-25(22)29)23(20-10-7-11-21(27)16-20)17-26(30)28-15-14-19-8-3-2-4-9-19/h2-13,16,18,23H,14-15,17H2,1H3,(H,28,30)/t23-/m0/s1. The first kappa shape index (κ1) is 19.9. The minimum absolute atomic E-state index is 0.0341. The van der Waals surface area contributed by atoms with Crippen LogP contribution in [-0.2, 0) is 18.3 Å². The Labute approximate surface area is 176 Å². The highest BCUT2D eigenvalue weighted by atomic mass is 19.1. The molecule has 4 rings (SSSR count). The van der Waals surface area contributed by atoms with E-state index in [9.17, 15) is 9.18 Å². The Morgan fingerprint density at radius 2 is 1.77 bits per heavy atom. The Morgan fingerprint density at radius 1 is 1.00 bits per heavy atom.